The fourth-order valence-corrected chi connectivity index (χ4v) is 5.66. The van der Waals surface area contributed by atoms with E-state index < -0.39 is 24.2 Å². The van der Waals surface area contributed by atoms with Gasteiger partial charge in [0.05, 0.1) is 30.9 Å². The van der Waals surface area contributed by atoms with Crippen LogP contribution in [-0.2, 0) is 20.9 Å². The summed E-state index contributed by atoms with van der Waals surface area (Å²) in [6, 6.07) is 18.5. The van der Waals surface area contributed by atoms with E-state index in [4.69, 9.17) is 9.47 Å². The van der Waals surface area contributed by atoms with Gasteiger partial charge in [-0.3, -0.25) is 4.79 Å². The van der Waals surface area contributed by atoms with Crippen LogP contribution in [0.2, 0.25) is 0 Å². The van der Waals surface area contributed by atoms with E-state index in [0.29, 0.717) is 0 Å². The Kier molecular flexibility index (Phi) is 8.59. The van der Waals surface area contributed by atoms with E-state index in [1.165, 1.54) is 7.11 Å². The average Bonchev–Trinajstić information content (AvgIpc) is 2.80. The number of aliphatic hydroxyl groups is 1. The molecular weight excluding hydrogens is 426 g/mol. The molecule has 1 N–H and O–H groups in total. The van der Waals surface area contributed by atoms with Crippen LogP contribution in [-0.4, -0.2) is 52.6 Å². The van der Waals surface area contributed by atoms with Crippen LogP contribution in [0, 0.1) is 5.92 Å². The van der Waals surface area contributed by atoms with Crippen LogP contribution < -0.4 is 0 Å². The third-order valence-corrected chi connectivity index (χ3v) is 7.10. The van der Waals surface area contributed by atoms with Crippen LogP contribution in [0.5, 0.6) is 0 Å². The smallest absolute Gasteiger partial charge is 0.410 e. The van der Waals surface area contributed by atoms with Crippen molar-refractivity contribution >= 4 is 23.8 Å². The van der Waals surface area contributed by atoms with E-state index >= 15 is 0 Å². The van der Waals surface area contributed by atoms with Crippen molar-refractivity contribution in [3.8, 4) is 0 Å². The van der Waals surface area contributed by atoms with Gasteiger partial charge in [-0.15, -0.1) is 11.8 Å². The van der Waals surface area contributed by atoms with Gasteiger partial charge in [0.2, 0.25) is 0 Å². The second kappa shape index (κ2) is 11.4. The van der Waals surface area contributed by atoms with Crippen molar-refractivity contribution in [3.05, 3.63) is 66.2 Å². The quantitative estimate of drug-likeness (QED) is 0.617. The van der Waals surface area contributed by atoms with E-state index in [0.717, 1.165) is 10.5 Å². The molecule has 1 aliphatic heterocycles. The Morgan fingerprint density at radius 1 is 1.09 bits per heavy atom. The maximum Gasteiger partial charge on any atom is 0.410 e. The number of thioether (sulfide) groups is 1. The normalized spacial score (nSPS) is 23.1. The van der Waals surface area contributed by atoms with Gasteiger partial charge in [0.25, 0.3) is 0 Å². The zero-order valence-corrected chi connectivity index (χ0v) is 19.5. The molecule has 0 radical (unpaired) electrons. The lowest BCUT2D eigenvalue weighted by Crippen LogP contribution is -2.62. The number of rotatable bonds is 7. The van der Waals surface area contributed by atoms with Gasteiger partial charge in [0.15, 0.2) is 0 Å². The van der Waals surface area contributed by atoms with Crippen molar-refractivity contribution in [2.45, 2.75) is 61.6 Å². The SMILES string of the molecule is COC(=O)C[C@@H]1C[C@H](O)[C@@H](Sc2ccccc2)[C@H](C(C)C)N1C(=O)OCc1ccccc1. The summed E-state index contributed by atoms with van der Waals surface area (Å²) in [4.78, 5) is 28.1. The maximum atomic E-state index is 13.3. The lowest BCUT2D eigenvalue weighted by atomic mass is 9.85. The lowest BCUT2D eigenvalue weighted by molar-refractivity contribution is -0.143. The molecule has 1 fully saturated rings. The molecule has 0 saturated carbocycles. The molecule has 0 aliphatic carbocycles. The van der Waals surface area contributed by atoms with Gasteiger partial charge in [-0.05, 0) is 30.0 Å². The molecular formula is C25H31NO5S. The maximum absolute atomic E-state index is 13.3. The first kappa shape index (κ1) is 24.1. The molecule has 32 heavy (non-hydrogen) atoms. The third kappa shape index (κ3) is 6.04. The van der Waals surface area contributed by atoms with Gasteiger partial charge in [-0.25, -0.2) is 4.79 Å². The molecule has 172 valence electrons. The molecule has 6 nitrogen and oxygen atoms in total. The molecule has 1 saturated heterocycles. The Bertz CT molecular complexity index is 876. The Morgan fingerprint density at radius 2 is 1.72 bits per heavy atom. The van der Waals surface area contributed by atoms with Crippen molar-refractivity contribution in [1.29, 1.82) is 0 Å². The topological polar surface area (TPSA) is 76.1 Å². The minimum Gasteiger partial charge on any atom is -0.469 e. The molecule has 7 heteroatoms. The largest absolute Gasteiger partial charge is 0.469 e. The number of piperidine rings is 1. The van der Waals surface area contributed by atoms with Crippen LogP contribution in [0.15, 0.2) is 65.6 Å². The summed E-state index contributed by atoms with van der Waals surface area (Å²) < 4.78 is 10.5. The Hall–Kier alpha value is -2.51. The number of carbonyl (C=O) groups excluding carboxylic acids is 2. The first-order valence-corrected chi connectivity index (χ1v) is 11.7. The van der Waals surface area contributed by atoms with E-state index in [-0.39, 0.29) is 36.7 Å². The molecule has 1 amide bonds. The van der Waals surface area contributed by atoms with Crippen LogP contribution >= 0.6 is 11.8 Å². The van der Waals surface area contributed by atoms with Crippen molar-refractivity contribution in [1.82, 2.24) is 4.90 Å². The predicted molar refractivity (Wildman–Crippen MR) is 124 cm³/mol. The van der Waals surface area contributed by atoms with Gasteiger partial charge in [0, 0.05) is 10.9 Å². The summed E-state index contributed by atoms with van der Waals surface area (Å²) in [6.45, 7) is 4.19. The fraction of sp³-hybridized carbons (Fsp3) is 0.440. The average molecular weight is 458 g/mol. The first-order valence-electron chi connectivity index (χ1n) is 10.9. The van der Waals surface area contributed by atoms with Crippen LogP contribution in [0.25, 0.3) is 0 Å². The molecule has 1 aliphatic rings. The molecule has 3 rings (SSSR count). The van der Waals surface area contributed by atoms with Crippen molar-refractivity contribution in [2.75, 3.05) is 7.11 Å². The molecule has 2 aromatic rings. The molecule has 0 unspecified atom stereocenters. The molecule has 0 aromatic heterocycles. The van der Waals surface area contributed by atoms with Crippen LogP contribution in [0.1, 0.15) is 32.3 Å². The van der Waals surface area contributed by atoms with Crippen LogP contribution in [0.3, 0.4) is 0 Å². The number of ether oxygens (including phenoxy) is 2. The summed E-state index contributed by atoms with van der Waals surface area (Å²) in [5, 5.41) is 10.8. The van der Waals surface area contributed by atoms with Crippen molar-refractivity contribution in [3.63, 3.8) is 0 Å². The Balaban J connectivity index is 1.87. The Labute approximate surface area is 193 Å². The Morgan fingerprint density at radius 3 is 2.31 bits per heavy atom. The highest BCUT2D eigenvalue weighted by molar-refractivity contribution is 8.00. The number of hydrogen-bond acceptors (Lipinski definition) is 6. The molecule has 4 atom stereocenters. The molecule has 0 spiro atoms. The number of aliphatic hydroxyl groups excluding tert-OH is 1. The minimum atomic E-state index is -0.680. The third-order valence-electron chi connectivity index (χ3n) is 5.69. The van der Waals surface area contributed by atoms with Gasteiger partial charge < -0.3 is 19.5 Å². The number of hydrogen-bond donors (Lipinski definition) is 1. The first-order chi connectivity index (χ1) is 15.4. The second-order valence-electron chi connectivity index (χ2n) is 8.31. The number of nitrogens with zero attached hydrogens (tertiary/aromatic N) is 1. The summed E-state index contributed by atoms with van der Waals surface area (Å²) in [5.74, 6) is -0.379. The molecule has 0 bridgehead atoms. The predicted octanol–water partition coefficient (Wildman–Crippen LogP) is 4.51. The van der Waals surface area contributed by atoms with E-state index in [9.17, 15) is 14.7 Å². The molecule has 2 aromatic carbocycles. The summed E-state index contributed by atoms with van der Waals surface area (Å²) in [6.07, 6.45) is -0.865. The number of methoxy groups -OCH3 is 1. The van der Waals surface area contributed by atoms with E-state index in [1.807, 2.05) is 74.5 Å². The summed E-state index contributed by atoms with van der Waals surface area (Å²) >= 11 is 1.56. The van der Waals surface area contributed by atoms with Gasteiger partial charge in [-0.2, -0.15) is 0 Å². The highest BCUT2D eigenvalue weighted by atomic mass is 32.2. The molecule has 1 heterocycles. The number of likely N-dealkylation sites (tertiary alicyclic amines) is 1. The van der Waals surface area contributed by atoms with Gasteiger partial charge in [0.1, 0.15) is 6.61 Å². The zero-order chi connectivity index (χ0) is 23.1. The van der Waals surface area contributed by atoms with Gasteiger partial charge in [-0.1, -0.05) is 62.4 Å². The minimum absolute atomic E-state index is 0.0138. The van der Waals surface area contributed by atoms with Crippen molar-refractivity contribution < 1.29 is 24.2 Å². The van der Waals surface area contributed by atoms with E-state index in [1.54, 1.807) is 16.7 Å². The van der Waals surface area contributed by atoms with Crippen LogP contribution in [0.4, 0.5) is 4.79 Å². The highest BCUT2D eigenvalue weighted by Crippen LogP contribution is 2.40. The summed E-state index contributed by atoms with van der Waals surface area (Å²) in [5.41, 5.74) is 0.888. The fourth-order valence-electron chi connectivity index (χ4n) is 4.18. The zero-order valence-electron chi connectivity index (χ0n) is 18.7. The standard InChI is InChI=1S/C25H31NO5S/c1-17(2)23-24(32-20-12-8-5-9-13-20)21(27)14-19(15-22(28)30-3)26(23)25(29)31-16-18-10-6-4-7-11-18/h4-13,17,19,21,23-24,27H,14-16H2,1-3H3/t19-,21-,23-,24+/m0/s1. The number of amides is 1. The number of esters is 1. The number of benzene rings is 2. The lowest BCUT2D eigenvalue weighted by Gasteiger charge is -2.49. The number of carbonyl (C=O) groups is 2. The van der Waals surface area contributed by atoms with Gasteiger partial charge >= 0.3 is 12.1 Å². The van der Waals surface area contributed by atoms with Crippen molar-refractivity contribution in [2.24, 2.45) is 5.92 Å². The highest BCUT2D eigenvalue weighted by Gasteiger charge is 2.47. The van der Waals surface area contributed by atoms with E-state index in [2.05, 4.69) is 0 Å². The second-order valence-corrected chi connectivity index (χ2v) is 9.57. The monoisotopic (exact) mass is 457 g/mol. The summed E-state index contributed by atoms with van der Waals surface area (Å²) in [7, 11) is 1.33.